The molecule has 0 aliphatic carbocycles. The van der Waals surface area contributed by atoms with Gasteiger partial charge in [-0.1, -0.05) is 30.3 Å². The average Bonchev–Trinajstić information content (AvgIpc) is 2.54. The molecule has 3 rings (SSSR count). The molecule has 122 valence electrons. The number of fused-ring (bicyclic) bond motifs is 1. The molecule has 0 saturated heterocycles. The lowest BCUT2D eigenvalue weighted by molar-refractivity contribution is -0.114. The van der Waals surface area contributed by atoms with Gasteiger partial charge in [-0.3, -0.25) is 4.79 Å². The summed E-state index contributed by atoms with van der Waals surface area (Å²) in [7, 11) is 0. The third kappa shape index (κ3) is 4.47. The molecular weight excluding hydrogens is 312 g/mol. The number of benzene rings is 2. The number of amides is 1. The molecule has 2 aromatic carbocycles. The second-order valence-electron chi connectivity index (χ2n) is 5.49. The molecule has 1 aliphatic heterocycles. The van der Waals surface area contributed by atoms with Crippen LogP contribution in [0.4, 0.5) is 5.69 Å². The van der Waals surface area contributed by atoms with Crippen LogP contribution in [-0.2, 0) is 11.3 Å². The highest BCUT2D eigenvalue weighted by Gasteiger charge is 2.20. The van der Waals surface area contributed by atoms with Gasteiger partial charge in [-0.15, -0.1) is 12.4 Å². The lowest BCUT2D eigenvalue weighted by Gasteiger charge is -2.26. The van der Waals surface area contributed by atoms with E-state index in [4.69, 9.17) is 4.74 Å². The van der Waals surface area contributed by atoms with Gasteiger partial charge in [-0.2, -0.15) is 0 Å². The van der Waals surface area contributed by atoms with Gasteiger partial charge in [0.2, 0.25) is 5.91 Å². The first-order valence-electron chi connectivity index (χ1n) is 7.54. The fraction of sp³-hybridized carbons (Fsp3) is 0.278. The highest BCUT2D eigenvalue weighted by molar-refractivity contribution is 5.88. The summed E-state index contributed by atoms with van der Waals surface area (Å²) in [5.41, 5.74) is 3.24. The van der Waals surface area contributed by atoms with Crippen LogP contribution in [0.15, 0.2) is 48.5 Å². The van der Waals surface area contributed by atoms with Gasteiger partial charge < -0.3 is 15.4 Å². The zero-order valence-corrected chi connectivity index (χ0v) is 13.9. The van der Waals surface area contributed by atoms with Gasteiger partial charge in [-0.25, -0.2) is 0 Å². The quantitative estimate of drug-likeness (QED) is 0.898. The topological polar surface area (TPSA) is 50.4 Å². The van der Waals surface area contributed by atoms with Crippen molar-refractivity contribution in [1.82, 2.24) is 5.32 Å². The molecule has 5 heteroatoms. The van der Waals surface area contributed by atoms with E-state index in [2.05, 4.69) is 16.7 Å². The Morgan fingerprint density at radius 3 is 2.65 bits per heavy atom. The number of carbonyl (C=O) groups excluding carboxylic acids is 1. The SMILES string of the molecule is CC(=O)Nc1ccc(CNC2CCOc3ccccc32)cc1.Cl. The van der Waals surface area contributed by atoms with Gasteiger partial charge >= 0.3 is 0 Å². The Kier molecular flexibility index (Phi) is 6.02. The summed E-state index contributed by atoms with van der Waals surface area (Å²) < 4.78 is 5.68. The lowest BCUT2D eigenvalue weighted by Crippen LogP contribution is -2.26. The number of ether oxygens (including phenoxy) is 1. The maximum Gasteiger partial charge on any atom is 0.221 e. The van der Waals surface area contributed by atoms with Gasteiger partial charge in [0.05, 0.1) is 6.61 Å². The summed E-state index contributed by atoms with van der Waals surface area (Å²) in [6.07, 6.45) is 0.973. The molecule has 0 fully saturated rings. The molecule has 0 aromatic heterocycles. The van der Waals surface area contributed by atoms with Crippen LogP contribution in [-0.4, -0.2) is 12.5 Å². The Hall–Kier alpha value is -2.04. The number of carbonyl (C=O) groups is 1. The Morgan fingerprint density at radius 2 is 1.91 bits per heavy atom. The predicted molar refractivity (Wildman–Crippen MR) is 94.1 cm³/mol. The van der Waals surface area contributed by atoms with E-state index >= 15 is 0 Å². The molecule has 1 aliphatic rings. The van der Waals surface area contributed by atoms with Crippen LogP contribution >= 0.6 is 12.4 Å². The molecule has 2 N–H and O–H groups in total. The summed E-state index contributed by atoms with van der Waals surface area (Å²) in [4.78, 5) is 11.0. The zero-order chi connectivity index (χ0) is 15.4. The van der Waals surface area contributed by atoms with Crippen LogP contribution in [0.25, 0.3) is 0 Å². The second kappa shape index (κ2) is 7.99. The molecule has 23 heavy (non-hydrogen) atoms. The predicted octanol–water partition coefficient (Wildman–Crippen LogP) is 3.68. The molecule has 1 unspecified atom stereocenters. The van der Waals surface area contributed by atoms with Crippen LogP contribution in [0.5, 0.6) is 5.75 Å². The van der Waals surface area contributed by atoms with Crippen molar-refractivity contribution in [2.24, 2.45) is 0 Å². The molecule has 2 aromatic rings. The van der Waals surface area contributed by atoms with Gasteiger partial charge in [0.25, 0.3) is 0 Å². The van der Waals surface area contributed by atoms with Crippen molar-refractivity contribution in [3.8, 4) is 5.75 Å². The van der Waals surface area contributed by atoms with Crippen molar-refractivity contribution >= 4 is 24.0 Å². The van der Waals surface area contributed by atoms with E-state index < -0.39 is 0 Å². The number of rotatable bonds is 4. The minimum absolute atomic E-state index is 0. The van der Waals surface area contributed by atoms with Gasteiger partial charge in [0, 0.05) is 37.2 Å². The molecule has 1 heterocycles. The standard InChI is InChI=1S/C18H20N2O2.ClH/c1-13(21)20-15-8-6-14(7-9-15)12-19-17-10-11-22-18-5-3-2-4-16(17)18;/h2-9,17,19H,10-12H2,1H3,(H,20,21);1H. The van der Waals surface area contributed by atoms with E-state index in [0.29, 0.717) is 6.04 Å². The zero-order valence-electron chi connectivity index (χ0n) is 13.0. The number of hydrogen-bond donors (Lipinski definition) is 2. The molecule has 0 spiro atoms. The number of para-hydroxylation sites is 1. The minimum Gasteiger partial charge on any atom is -0.493 e. The summed E-state index contributed by atoms with van der Waals surface area (Å²) in [5.74, 6) is 0.928. The van der Waals surface area contributed by atoms with E-state index in [1.165, 1.54) is 18.1 Å². The highest BCUT2D eigenvalue weighted by atomic mass is 35.5. The largest absolute Gasteiger partial charge is 0.493 e. The summed E-state index contributed by atoms with van der Waals surface area (Å²) in [6, 6.07) is 16.4. The summed E-state index contributed by atoms with van der Waals surface area (Å²) in [6.45, 7) is 3.05. The van der Waals surface area contributed by atoms with Crippen molar-refractivity contribution in [2.45, 2.75) is 25.9 Å². The van der Waals surface area contributed by atoms with E-state index in [1.807, 2.05) is 42.5 Å². The summed E-state index contributed by atoms with van der Waals surface area (Å²) >= 11 is 0. The van der Waals surface area contributed by atoms with Gasteiger partial charge in [-0.05, 0) is 23.8 Å². The third-order valence-corrected chi connectivity index (χ3v) is 3.79. The van der Waals surface area contributed by atoms with Crippen molar-refractivity contribution in [1.29, 1.82) is 0 Å². The molecule has 1 atom stereocenters. The van der Waals surface area contributed by atoms with Crippen LogP contribution in [0, 0.1) is 0 Å². The van der Waals surface area contributed by atoms with Gasteiger partial charge in [0.15, 0.2) is 0 Å². The molecule has 0 saturated carbocycles. The van der Waals surface area contributed by atoms with Crippen LogP contribution < -0.4 is 15.4 Å². The first-order chi connectivity index (χ1) is 10.7. The second-order valence-corrected chi connectivity index (χ2v) is 5.49. The fourth-order valence-electron chi connectivity index (χ4n) is 2.70. The summed E-state index contributed by atoms with van der Waals surface area (Å²) in [5, 5.41) is 6.36. The molecule has 0 bridgehead atoms. The van der Waals surface area contributed by atoms with Gasteiger partial charge in [0.1, 0.15) is 5.75 Å². The first kappa shape index (κ1) is 17.3. The monoisotopic (exact) mass is 332 g/mol. The molecule has 1 amide bonds. The van der Waals surface area contributed by atoms with Crippen LogP contribution in [0.1, 0.15) is 30.5 Å². The van der Waals surface area contributed by atoms with E-state index in [-0.39, 0.29) is 18.3 Å². The van der Waals surface area contributed by atoms with E-state index in [9.17, 15) is 4.79 Å². The number of anilines is 1. The normalized spacial score (nSPS) is 15.8. The lowest BCUT2D eigenvalue weighted by atomic mass is 10.0. The first-order valence-corrected chi connectivity index (χ1v) is 7.54. The van der Waals surface area contributed by atoms with Crippen molar-refractivity contribution in [2.75, 3.05) is 11.9 Å². The highest BCUT2D eigenvalue weighted by Crippen LogP contribution is 2.31. The number of nitrogens with one attached hydrogen (secondary N) is 2. The Balaban J connectivity index is 0.00000192. The number of halogens is 1. The van der Waals surface area contributed by atoms with Crippen LogP contribution in [0.3, 0.4) is 0 Å². The molecule has 0 radical (unpaired) electrons. The van der Waals surface area contributed by atoms with E-state index in [1.54, 1.807) is 0 Å². The van der Waals surface area contributed by atoms with E-state index in [0.717, 1.165) is 31.0 Å². The molecule has 4 nitrogen and oxygen atoms in total. The van der Waals surface area contributed by atoms with Crippen molar-refractivity contribution < 1.29 is 9.53 Å². The van der Waals surface area contributed by atoms with Crippen LogP contribution in [0.2, 0.25) is 0 Å². The Labute approximate surface area is 142 Å². The maximum absolute atomic E-state index is 11.0. The average molecular weight is 333 g/mol. The van der Waals surface area contributed by atoms with Crippen molar-refractivity contribution in [3.63, 3.8) is 0 Å². The minimum atomic E-state index is -0.0512. The molecular formula is C18H21ClN2O2. The maximum atomic E-state index is 11.0. The Morgan fingerprint density at radius 1 is 1.17 bits per heavy atom. The fourth-order valence-corrected chi connectivity index (χ4v) is 2.70. The smallest absolute Gasteiger partial charge is 0.221 e. The third-order valence-electron chi connectivity index (χ3n) is 3.79. The number of hydrogen-bond acceptors (Lipinski definition) is 3. The Bertz CT molecular complexity index is 658. The van der Waals surface area contributed by atoms with Crippen molar-refractivity contribution in [3.05, 3.63) is 59.7 Å².